The van der Waals surface area contributed by atoms with E-state index in [9.17, 15) is 13.6 Å². The largest absolute Gasteiger partial charge is 0.341 e. The molecule has 0 saturated carbocycles. The van der Waals surface area contributed by atoms with Crippen LogP contribution in [0.2, 0.25) is 0 Å². The van der Waals surface area contributed by atoms with Crippen LogP contribution in [0.3, 0.4) is 0 Å². The van der Waals surface area contributed by atoms with Crippen molar-refractivity contribution in [3.8, 4) is 11.9 Å². The third kappa shape index (κ3) is 9.52. The molecule has 10 rings (SSSR count). The van der Waals surface area contributed by atoms with Gasteiger partial charge in [-0.3, -0.25) is 0 Å². The Morgan fingerprint density at radius 2 is 1.09 bits per heavy atom. The van der Waals surface area contributed by atoms with Gasteiger partial charge in [0.1, 0.15) is 22.7 Å². The number of nitrogens with one attached hydrogen (secondary N) is 2. The van der Waals surface area contributed by atoms with Crippen molar-refractivity contribution in [3.05, 3.63) is 71.2 Å². The number of urea groups is 1. The van der Waals surface area contributed by atoms with Crippen LogP contribution in [0.1, 0.15) is 133 Å². The van der Waals surface area contributed by atoms with E-state index in [0.29, 0.717) is 40.8 Å². The lowest BCUT2D eigenvalue weighted by atomic mass is 9.93. The van der Waals surface area contributed by atoms with E-state index in [0.717, 1.165) is 113 Å². The topological polar surface area (TPSA) is 164 Å². The van der Waals surface area contributed by atoms with Crippen molar-refractivity contribution in [2.75, 3.05) is 59.4 Å². The minimum absolute atomic E-state index is 0. The molecule has 0 aliphatic carbocycles. The van der Waals surface area contributed by atoms with Gasteiger partial charge in [-0.2, -0.15) is 29.5 Å². The third-order valence-corrected chi connectivity index (χ3v) is 13.8. The summed E-state index contributed by atoms with van der Waals surface area (Å²) in [5.41, 5.74) is 2.45. The van der Waals surface area contributed by atoms with Crippen LogP contribution in [0.15, 0.2) is 45.4 Å². The summed E-state index contributed by atoms with van der Waals surface area (Å²) < 4.78 is 43.6. The summed E-state index contributed by atoms with van der Waals surface area (Å²) >= 11 is 0. The van der Waals surface area contributed by atoms with E-state index in [1.807, 2.05) is 30.9 Å². The zero-order valence-electron chi connectivity index (χ0n) is 37.6. The van der Waals surface area contributed by atoms with E-state index in [2.05, 4.69) is 64.8 Å². The molecule has 350 valence electrons. The number of carbonyl (C=O) groups is 1. The number of aromatic nitrogens is 8. The van der Waals surface area contributed by atoms with Crippen molar-refractivity contribution >= 4 is 27.8 Å². The quantitative estimate of drug-likeness (QED) is 0.152. The number of hydrogen-bond acceptors (Lipinski definition) is 12. The lowest BCUT2D eigenvalue weighted by Crippen LogP contribution is -2.50. The van der Waals surface area contributed by atoms with E-state index >= 15 is 0 Å². The molecule has 2 N–H and O–H groups in total. The molecule has 2 amide bonds. The first-order chi connectivity index (χ1) is 31.1. The van der Waals surface area contributed by atoms with Gasteiger partial charge in [0.15, 0.2) is 0 Å². The summed E-state index contributed by atoms with van der Waals surface area (Å²) in [5.74, 6) is 1.89. The molecule has 18 heteroatoms. The van der Waals surface area contributed by atoms with Crippen molar-refractivity contribution in [2.24, 2.45) is 0 Å². The molecule has 4 aliphatic heterocycles. The Kier molecular flexibility index (Phi) is 14.2. The van der Waals surface area contributed by atoms with Gasteiger partial charge in [-0.15, -0.1) is 0 Å². The average molecular weight is 898 g/mol. The molecular weight excluding hydrogens is 833 g/mol. The number of benzene rings is 2. The summed E-state index contributed by atoms with van der Waals surface area (Å²) in [7, 11) is 1.68. The van der Waals surface area contributed by atoms with E-state index in [4.69, 9.17) is 9.05 Å². The number of rotatable bonds is 8. The first-order valence-electron chi connectivity index (χ1n) is 23.3. The predicted molar refractivity (Wildman–Crippen MR) is 245 cm³/mol. The predicted octanol–water partition coefficient (Wildman–Crippen LogP) is 7.89. The van der Waals surface area contributed by atoms with Crippen molar-refractivity contribution < 1.29 is 22.6 Å². The summed E-state index contributed by atoms with van der Waals surface area (Å²) in [5, 5.41) is 25.3. The fraction of sp³-hybridized carbons (Fsp3) is 0.596. The number of para-hydroxylation sites is 2. The number of nitrogens with zero attached hydrogens (tertiary/aromatic N) is 11. The number of likely N-dealkylation sites (tertiary alicyclic amines) is 3. The van der Waals surface area contributed by atoms with Crippen molar-refractivity contribution in [2.45, 2.75) is 122 Å². The highest BCUT2D eigenvalue weighted by molar-refractivity contribution is 5.85. The summed E-state index contributed by atoms with van der Waals surface area (Å²) in [6.07, 6.45) is 8.34. The first-order valence-corrected chi connectivity index (χ1v) is 23.3. The Labute approximate surface area is 379 Å². The molecule has 8 heterocycles. The first kappa shape index (κ1) is 46.2. The molecular formula is C47H65F2N13O3. The maximum Gasteiger partial charge on any atom is 0.317 e. The van der Waals surface area contributed by atoms with Crippen LogP contribution in [-0.2, 0) is 0 Å². The van der Waals surface area contributed by atoms with Crippen molar-refractivity contribution in [1.29, 1.82) is 0 Å². The fourth-order valence-electron chi connectivity index (χ4n) is 10.2. The molecule has 2 aromatic carbocycles. The lowest BCUT2D eigenvalue weighted by molar-refractivity contribution is 0.0921. The Morgan fingerprint density at radius 3 is 1.51 bits per heavy atom. The molecule has 4 aromatic heterocycles. The van der Waals surface area contributed by atoms with Crippen molar-refractivity contribution in [3.63, 3.8) is 0 Å². The molecule has 4 aliphatic rings. The minimum atomic E-state index is -0.348. The maximum absolute atomic E-state index is 14.7. The number of piperidine rings is 4. The smallest absolute Gasteiger partial charge is 0.317 e. The van der Waals surface area contributed by atoms with E-state index in [1.54, 1.807) is 19.2 Å². The molecule has 6 aromatic rings. The summed E-state index contributed by atoms with van der Waals surface area (Å²) in [4.78, 5) is 28.1. The number of carbonyl (C=O) groups excluding carboxylic acids is 1. The lowest BCUT2D eigenvalue weighted by Gasteiger charge is -2.41. The highest BCUT2D eigenvalue weighted by Gasteiger charge is 2.33. The fourth-order valence-corrected chi connectivity index (χ4v) is 10.2. The molecule has 0 atom stereocenters. The molecule has 65 heavy (non-hydrogen) atoms. The standard InChI is InChI=1S/C24H32FN7O2.C22H29FN6O.CH4/c1-15(2)20-18-5-4-6-19(25)21(18)32(28-20)23-27-22(34-29-23)16-7-11-30(12-8-16)17-9-13-31(14-10-17)24(33)26-3;1-14(2)19-17-4-3-5-18(23)20(17)29(26-19)22-25-21(30-27-22)15-8-12-28(13-9-15)16-6-10-24-11-7-16;/h4-6,15-17H,7-14H2,1-3H3,(H,26,33);3-5,14-16,24H,6-13H2,1-2H3;1H4. The highest BCUT2D eigenvalue weighted by atomic mass is 19.1. The highest BCUT2D eigenvalue weighted by Crippen LogP contribution is 2.34. The van der Waals surface area contributed by atoms with Crippen LogP contribution in [0.25, 0.3) is 33.7 Å². The Hall–Kier alpha value is -5.33. The molecule has 0 bridgehead atoms. The molecule has 4 fully saturated rings. The van der Waals surface area contributed by atoms with Crippen LogP contribution in [-0.4, -0.2) is 132 Å². The van der Waals surface area contributed by atoms with E-state index in [1.165, 1.54) is 34.3 Å². The second kappa shape index (κ2) is 20.0. The molecule has 16 nitrogen and oxygen atoms in total. The van der Waals surface area contributed by atoms with Gasteiger partial charge >= 0.3 is 6.03 Å². The third-order valence-electron chi connectivity index (χ3n) is 13.8. The van der Waals surface area contributed by atoms with Gasteiger partial charge in [-0.25, -0.2) is 13.6 Å². The van der Waals surface area contributed by atoms with Gasteiger partial charge in [0, 0.05) is 54.8 Å². The summed E-state index contributed by atoms with van der Waals surface area (Å²) in [6, 6.07) is 11.3. The van der Waals surface area contributed by atoms with Crippen LogP contribution >= 0.6 is 0 Å². The maximum atomic E-state index is 14.7. The Bertz CT molecular complexity index is 2520. The molecule has 4 saturated heterocycles. The molecule has 0 radical (unpaired) electrons. The molecule has 0 spiro atoms. The van der Waals surface area contributed by atoms with Crippen LogP contribution in [0.4, 0.5) is 13.6 Å². The Morgan fingerprint density at radius 1 is 0.662 bits per heavy atom. The van der Waals surface area contributed by atoms with Gasteiger partial charge in [0.2, 0.25) is 11.8 Å². The van der Waals surface area contributed by atoms with Crippen LogP contribution in [0.5, 0.6) is 0 Å². The van der Waals surface area contributed by atoms with Crippen molar-refractivity contribution in [1.82, 2.24) is 65.2 Å². The number of fused-ring (bicyclic) bond motifs is 2. The second-order valence-corrected chi connectivity index (χ2v) is 18.4. The van der Waals surface area contributed by atoms with Gasteiger partial charge in [0.05, 0.1) is 11.4 Å². The molecule has 0 unspecified atom stereocenters. The van der Waals surface area contributed by atoms with Gasteiger partial charge in [-0.05, 0) is 125 Å². The summed E-state index contributed by atoms with van der Waals surface area (Å²) in [6.45, 7) is 16.0. The monoisotopic (exact) mass is 898 g/mol. The normalized spacial score (nSPS) is 19.0. The van der Waals surface area contributed by atoms with Crippen LogP contribution in [0, 0.1) is 11.6 Å². The zero-order chi connectivity index (χ0) is 44.5. The Balaban J connectivity index is 0.000000176. The number of halogens is 2. The zero-order valence-corrected chi connectivity index (χ0v) is 37.6. The number of hydrogen-bond donors (Lipinski definition) is 2. The second-order valence-electron chi connectivity index (χ2n) is 18.4. The van der Waals surface area contributed by atoms with E-state index in [-0.39, 0.29) is 54.7 Å². The van der Waals surface area contributed by atoms with Gasteiger partial charge in [-0.1, -0.05) is 59.4 Å². The average Bonchev–Trinajstić information content (AvgIpc) is 4.15. The van der Waals surface area contributed by atoms with Gasteiger partial charge in [0.25, 0.3) is 11.9 Å². The van der Waals surface area contributed by atoms with Gasteiger partial charge < -0.3 is 34.4 Å². The minimum Gasteiger partial charge on any atom is -0.341 e. The number of amides is 2. The SMILES string of the molecule is C.CC(C)c1nn(-c2noc(C3CCN(C4CCNCC4)CC3)n2)c2c(F)cccc12.CNC(=O)N1CCC(N2CCC(c3nc(-n4nc(C(C)C)c5cccc(F)c54)no3)CC2)CC1. The van der Waals surface area contributed by atoms with E-state index < -0.39 is 0 Å². The van der Waals surface area contributed by atoms with Crippen LogP contribution < -0.4 is 10.6 Å².